The maximum Gasteiger partial charge on any atom is 0.115 e. The zero-order valence-electron chi connectivity index (χ0n) is 11.6. The first-order valence-corrected chi connectivity index (χ1v) is 6.41. The first-order valence-electron chi connectivity index (χ1n) is 6.41. The predicted molar refractivity (Wildman–Crippen MR) is 85.3 cm³/mol. The number of nitrogens with zero attached hydrogens (tertiary/aromatic N) is 3. The van der Waals surface area contributed by atoms with Gasteiger partial charge in [0.05, 0.1) is 11.4 Å². The molecule has 0 atom stereocenters. The van der Waals surface area contributed by atoms with Gasteiger partial charge in [0.1, 0.15) is 5.70 Å². The summed E-state index contributed by atoms with van der Waals surface area (Å²) >= 11 is 0. The largest absolute Gasteiger partial charge is 0.292 e. The SMILES string of the molecule is C#CC(=CC(=C)C)N1N=C(C2=CCCN=C2)C=CC1=C. The topological polar surface area (TPSA) is 28.0 Å². The van der Waals surface area contributed by atoms with E-state index in [-0.39, 0.29) is 0 Å². The standard InChI is InChI=1S/C17H17N3/c1-5-16(11-13(2)3)20-14(4)8-9-17(19-20)15-7-6-10-18-12-15/h1,7-9,11-12H,2,4,6,10H2,3H3. The molecule has 3 nitrogen and oxygen atoms in total. The minimum Gasteiger partial charge on any atom is -0.292 e. The summed E-state index contributed by atoms with van der Waals surface area (Å²) in [4.78, 5) is 4.27. The molecule has 2 aliphatic heterocycles. The lowest BCUT2D eigenvalue weighted by Crippen LogP contribution is -2.21. The number of terminal acetylenes is 1. The van der Waals surface area contributed by atoms with Crippen LogP contribution in [-0.4, -0.2) is 23.5 Å². The maximum atomic E-state index is 5.56. The lowest BCUT2D eigenvalue weighted by atomic mass is 10.1. The van der Waals surface area contributed by atoms with Crippen molar-refractivity contribution in [2.45, 2.75) is 13.3 Å². The van der Waals surface area contributed by atoms with Crippen molar-refractivity contribution < 1.29 is 0 Å². The van der Waals surface area contributed by atoms with Crippen molar-refractivity contribution >= 4 is 11.9 Å². The Balaban J connectivity index is 2.36. The average molecular weight is 263 g/mol. The molecule has 0 unspecified atom stereocenters. The van der Waals surface area contributed by atoms with Gasteiger partial charge in [-0.3, -0.25) is 4.99 Å². The predicted octanol–water partition coefficient (Wildman–Crippen LogP) is 3.22. The molecule has 20 heavy (non-hydrogen) atoms. The highest BCUT2D eigenvalue weighted by Gasteiger charge is 2.16. The summed E-state index contributed by atoms with van der Waals surface area (Å²) in [5, 5.41) is 6.22. The van der Waals surface area contributed by atoms with Gasteiger partial charge in [0.15, 0.2) is 0 Å². The van der Waals surface area contributed by atoms with E-state index in [9.17, 15) is 0 Å². The fourth-order valence-corrected chi connectivity index (χ4v) is 1.89. The number of dihydropyridines is 1. The van der Waals surface area contributed by atoms with Crippen LogP contribution in [0.2, 0.25) is 0 Å². The normalized spacial score (nSPS) is 18.5. The summed E-state index contributed by atoms with van der Waals surface area (Å²) < 4.78 is 0. The van der Waals surface area contributed by atoms with Crippen LogP contribution in [0.4, 0.5) is 0 Å². The summed E-state index contributed by atoms with van der Waals surface area (Å²) in [6, 6.07) is 0. The molecule has 0 aromatic heterocycles. The van der Waals surface area contributed by atoms with E-state index in [0.29, 0.717) is 5.70 Å². The molecular formula is C17H17N3. The van der Waals surface area contributed by atoms with Crippen LogP contribution >= 0.6 is 0 Å². The van der Waals surface area contributed by atoms with E-state index in [1.165, 1.54) is 0 Å². The highest BCUT2D eigenvalue weighted by atomic mass is 15.5. The van der Waals surface area contributed by atoms with Crippen molar-refractivity contribution in [1.29, 1.82) is 0 Å². The van der Waals surface area contributed by atoms with Crippen molar-refractivity contribution in [3.8, 4) is 12.3 Å². The van der Waals surface area contributed by atoms with Gasteiger partial charge in [-0.2, -0.15) is 5.10 Å². The van der Waals surface area contributed by atoms with Crippen molar-refractivity contribution in [2.75, 3.05) is 6.54 Å². The molecular weight excluding hydrogens is 246 g/mol. The van der Waals surface area contributed by atoms with Gasteiger partial charge in [-0.25, -0.2) is 5.01 Å². The Kier molecular flexibility index (Phi) is 4.17. The van der Waals surface area contributed by atoms with Crippen LogP contribution in [0.1, 0.15) is 13.3 Å². The molecule has 0 bridgehead atoms. The van der Waals surface area contributed by atoms with Gasteiger partial charge in [-0.05, 0) is 31.6 Å². The van der Waals surface area contributed by atoms with Gasteiger partial charge in [-0.1, -0.05) is 30.7 Å². The fraction of sp³-hybridized carbons (Fsp3) is 0.176. The average Bonchev–Trinajstić information content (AvgIpc) is 2.46. The minimum atomic E-state index is 0.623. The van der Waals surface area contributed by atoms with Crippen LogP contribution in [0.25, 0.3) is 0 Å². The van der Waals surface area contributed by atoms with Gasteiger partial charge < -0.3 is 0 Å². The summed E-state index contributed by atoms with van der Waals surface area (Å²) in [6.45, 7) is 10.5. The molecule has 0 saturated heterocycles. The lowest BCUT2D eigenvalue weighted by Gasteiger charge is -2.24. The second-order valence-corrected chi connectivity index (χ2v) is 4.63. The highest BCUT2D eigenvalue weighted by molar-refractivity contribution is 6.21. The second kappa shape index (κ2) is 6.03. The number of hydrazone groups is 1. The Morgan fingerprint density at radius 3 is 2.90 bits per heavy atom. The molecule has 0 aliphatic carbocycles. The van der Waals surface area contributed by atoms with Crippen LogP contribution in [-0.2, 0) is 0 Å². The van der Waals surface area contributed by atoms with Crippen molar-refractivity contribution in [1.82, 2.24) is 5.01 Å². The van der Waals surface area contributed by atoms with Gasteiger partial charge in [-0.15, -0.1) is 6.42 Å². The van der Waals surface area contributed by atoms with E-state index >= 15 is 0 Å². The molecule has 2 heterocycles. The Bertz CT molecular complexity index is 634. The second-order valence-electron chi connectivity index (χ2n) is 4.63. The van der Waals surface area contributed by atoms with Gasteiger partial charge >= 0.3 is 0 Å². The fourth-order valence-electron chi connectivity index (χ4n) is 1.89. The minimum absolute atomic E-state index is 0.623. The highest BCUT2D eigenvalue weighted by Crippen LogP contribution is 2.21. The van der Waals surface area contributed by atoms with Gasteiger partial charge in [0.25, 0.3) is 0 Å². The summed E-state index contributed by atoms with van der Waals surface area (Å²) in [5.74, 6) is 2.63. The third-order valence-corrected chi connectivity index (χ3v) is 2.82. The van der Waals surface area contributed by atoms with E-state index in [1.807, 2.05) is 31.4 Å². The Labute approximate surface area is 120 Å². The van der Waals surface area contributed by atoms with E-state index in [1.54, 1.807) is 5.01 Å². The van der Waals surface area contributed by atoms with Crippen LogP contribution in [0.5, 0.6) is 0 Å². The molecule has 0 aromatic rings. The third-order valence-electron chi connectivity index (χ3n) is 2.82. The number of aliphatic imine (C=N–C) groups is 1. The van der Waals surface area contributed by atoms with Crippen LogP contribution in [0, 0.1) is 12.3 Å². The maximum absolute atomic E-state index is 5.56. The van der Waals surface area contributed by atoms with E-state index in [0.717, 1.165) is 35.5 Å². The number of hydrogen-bond donors (Lipinski definition) is 0. The number of hydrogen-bond acceptors (Lipinski definition) is 3. The summed E-state index contributed by atoms with van der Waals surface area (Å²) in [7, 11) is 0. The van der Waals surface area contributed by atoms with Gasteiger partial charge in [0, 0.05) is 18.3 Å². The molecule has 0 amide bonds. The molecule has 0 fully saturated rings. The number of rotatable bonds is 3. The quantitative estimate of drug-likeness (QED) is 0.567. The Hall–Kier alpha value is -2.60. The molecule has 0 radical (unpaired) electrons. The van der Waals surface area contributed by atoms with Crippen molar-refractivity contribution in [3.05, 3.63) is 60.0 Å². The molecule has 2 rings (SSSR count). The molecule has 0 saturated carbocycles. The van der Waals surface area contributed by atoms with E-state index in [2.05, 4.69) is 35.2 Å². The summed E-state index contributed by atoms with van der Waals surface area (Å²) in [5.41, 5.74) is 4.07. The van der Waals surface area contributed by atoms with Crippen LogP contribution in [0.3, 0.4) is 0 Å². The summed E-state index contributed by atoms with van der Waals surface area (Å²) in [6.07, 6.45) is 16.1. The molecule has 0 aromatic carbocycles. The molecule has 100 valence electrons. The zero-order valence-corrected chi connectivity index (χ0v) is 11.6. The Morgan fingerprint density at radius 1 is 1.50 bits per heavy atom. The molecule has 2 aliphatic rings. The number of allylic oxidation sites excluding steroid dienone is 6. The molecule has 0 spiro atoms. The Morgan fingerprint density at radius 2 is 2.30 bits per heavy atom. The van der Waals surface area contributed by atoms with E-state index in [4.69, 9.17) is 6.42 Å². The van der Waals surface area contributed by atoms with Crippen LogP contribution in [0.15, 0.2) is 70.1 Å². The van der Waals surface area contributed by atoms with Gasteiger partial charge in [0.2, 0.25) is 0 Å². The van der Waals surface area contributed by atoms with Crippen molar-refractivity contribution in [3.63, 3.8) is 0 Å². The van der Waals surface area contributed by atoms with Crippen LogP contribution < -0.4 is 0 Å². The zero-order chi connectivity index (χ0) is 14.5. The third kappa shape index (κ3) is 3.04. The monoisotopic (exact) mass is 263 g/mol. The lowest BCUT2D eigenvalue weighted by molar-refractivity contribution is 0.487. The molecule has 0 N–H and O–H groups in total. The van der Waals surface area contributed by atoms with E-state index < -0.39 is 0 Å². The first-order chi connectivity index (χ1) is 9.61. The van der Waals surface area contributed by atoms with Crippen molar-refractivity contribution in [2.24, 2.45) is 10.1 Å². The smallest absolute Gasteiger partial charge is 0.115 e. The molecule has 3 heteroatoms. The first kappa shape index (κ1) is 13.8.